The van der Waals surface area contributed by atoms with Crippen molar-refractivity contribution in [3.63, 3.8) is 0 Å². The van der Waals surface area contributed by atoms with E-state index in [1.807, 2.05) is 60.0 Å². The monoisotopic (exact) mass is 407 g/mol. The van der Waals surface area contributed by atoms with Gasteiger partial charge in [-0.1, -0.05) is 24.3 Å². The number of benzene rings is 2. The number of methoxy groups -OCH3 is 2. The van der Waals surface area contributed by atoms with Gasteiger partial charge in [0.05, 0.1) is 45.4 Å². The SMILES string of the molecule is COc1ccc(C(C)NC(=O)c2ncn3c2COC(c2ccc(OC)cc2)C3)cc1. The van der Waals surface area contributed by atoms with Crippen LogP contribution >= 0.6 is 0 Å². The van der Waals surface area contributed by atoms with Crippen LogP contribution in [0.15, 0.2) is 54.9 Å². The van der Waals surface area contributed by atoms with Gasteiger partial charge < -0.3 is 24.1 Å². The van der Waals surface area contributed by atoms with E-state index >= 15 is 0 Å². The van der Waals surface area contributed by atoms with E-state index in [4.69, 9.17) is 14.2 Å². The van der Waals surface area contributed by atoms with E-state index in [0.717, 1.165) is 28.3 Å². The minimum absolute atomic E-state index is 0.0910. The normalized spacial score (nSPS) is 16.4. The molecule has 0 saturated heterocycles. The van der Waals surface area contributed by atoms with E-state index in [1.165, 1.54) is 0 Å². The molecule has 7 nitrogen and oxygen atoms in total. The van der Waals surface area contributed by atoms with Crippen LogP contribution in [0, 0.1) is 0 Å². The summed E-state index contributed by atoms with van der Waals surface area (Å²) in [5, 5.41) is 3.02. The molecule has 2 atom stereocenters. The largest absolute Gasteiger partial charge is 0.497 e. The summed E-state index contributed by atoms with van der Waals surface area (Å²) in [5.74, 6) is 1.38. The zero-order valence-electron chi connectivity index (χ0n) is 17.3. The van der Waals surface area contributed by atoms with Crippen LogP contribution in [0.25, 0.3) is 0 Å². The van der Waals surface area contributed by atoms with E-state index in [-0.39, 0.29) is 18.1 Å². The van der Waals surface area contributed by atoms with Gasteiger partial charge in [0.1, 0.15) is 17.6 Å². The third-order valence-electron chi connectivity index (χ3n) is 5.40. The lowest BCUT2D eigenvalue weighted by Gasteiger charge is -2.26. The fourth-order valence-corrected chi connectivity index (χ4v) is 3.58. The second kappa shape index (κ2) is 8.59. The van der Waals surface area contributed by atoms with Gasteiger partial charge in [-0.25, -0.2) is 4.98 Å². The lowest BCUT2D eigenvalue weighted by atomic mass is 10.1. The van der Waals surface area contributed by atoms with Crippen LogP contribution in [-0.4, -0.2) is 29.7 Å². The van der Waals surface area contributed by atoms with Crippen molar-refractivity contribution in [3.8, 4) is 11.5 Å². The average molecular weight is 407 g/mol. The molecule has 1 aliphatic heterocycles. The summed E-state index contributed by atoms with van der Waals surface area (Å²) in [7, 11) is 3.27. The topological polar surface area (TPSA) is 74.6 Å². The molecule has 1 amide bonds. The van der Waals surface area contributed by atoms with Gasteiger partial charge >= 0.3 is 0 Å². The van der Waals surface area contributed by atoms with Crippen molar-refractivity contribution in [1.82, 2.24) is 14.9 Å². The highest BCUT2D eigenvalue weighted by atomic mass is 16.5. The second-order valence-electron chi connectivity index (χ2n) is 7.23. The predicted molar refractivity (Wildman–Crippen MR) is 112 cm³/mol. The third kappa shape index (κ3) is 4.02. The fourth-order valence-electron chi connectivity index (χ4n) is 3.58. The maximum absolute atomic E-state index is 12.8. The first-order valence-electron chi connectivity index (χ1n) is 9.83. The number of nitrogens with one attached hydrogen (secondary N) is 1. The maximum atomic E-state index is 12.8. The zero-order chi connectivity index (χ0) is 21.1. The van der Waals surface area contributed by atoms with Crippen molar-refractivity contribution in [1.29, 1.82) is 0 Å². The molecule has 3 aromatic rings. The predicted octanol–water partition coefficient (Wildman–Crippen LogP) is 3.66. The summed E-state index contributed by atoms with van der Waals surface area (Å²) >= 11 is 0. The standard InChI is InChI=1S/C23H25N3O4/c1-15(16-4-8-18(28-2)9-5-16)25-23(27)22-20-13-30-21(12-26(20)14-24-22)17-6-10-19(29-3)11-7-17/h4-11,14-15,21H,12-13H2,1-3H3,(H,25,27). The number of imidazole rings is 1. The quantitative estimate of drug-likeness (QED) is 0.675. The summed E-state index contributed by atoms with van der Waals surface area (Å²) in [6.07, 6.45) is 1.62. The molecule has 0 aliphatic carbocycles. The summed E-state index contributed by atoms with van der Waals surface area (Å²) in [6, 6.07) is 15.3. The van der Waals surface area contributed by atoms with Gasteiger partial charge in [0.2, 0.25) is 0 Å². The number of rotatable bonds is 6. The number of hydrogen-bond acceptors (Lipinski definition) is 5. The molecule has 1 aromatic heterocycles. The molecule has 2 unspecified atom stereocenters. The average Bonchev–Trinajstić information content (AvgIpc) is 3.22. The minimum atomic E-state index is -0.210. The summed E-state index contributed by atoms with van der Waals surface area (Å²) in [4.78, 5) is 17.2. The number of amides is 1. The van der Waals surface area contributed by atoms with Gasteiger partial charge in [-0.15, -0.1) is 0 Å². The van der Waals surface area contributed by atoms with Crippen molar-refractivity contribution < 1.29 is 19.0 Å². The van der Waals surface area contributed by atoms with Crippen LogP contribution in [0.1, 0.15) is 46.4 Å². The summed E-state index contributed by atoms with van der Waals surface area (Å²) in [6.45, 7) is 2.88. The summed E-state index contributed by atoms with van der Waals surface area (Å²) < 4.78 is 18.4. The molecule has 1 N–H and O–H groups in total. The Morgan fingerprint density at radius 2 is 1.73 bits per heavy atom. The van der Waals surface area contributed by atoms with Gasteiger partial charge in [0.25, 0.3) is 5.91 Å². The molecule has 0 spiro atoms. The van der Waals surface area contributed by atoms with Crippen molar-refractivity contribution in [2.24, 2.45) is 0 Å². The molecule has 2 aromatic carbocycles. The minimum Gasteiger partial charge on any atom is -0.497 e. The lowest BCUT2D eigenvalue weighted by Crippen LogP contribution is -2.29. The number of nitrogens with zero attached hydrogens (tertiary/aromatic N) is 2. The molecule has 30 heavy (non-hydrogen) atoms. The number of fused-ring (bicyclic) bond motifs is 1. The number of carbonyl (C=O) groups excluding carboxylic acids is 1. The lowest BCUT2D eigenvalue weighted by molar-refractivity contribution is 0.00254. The van der Waals surface area contributed by atoms with Gasteiger partial charge in [-0.3, -0.25) is 4.79 Å². The van der Waals surface area contributed by atoms with Gasteiger partial charge in [0, 0.05) is 0 Å². The Balaban J connectivity index is 1.44. The Hall–Kier alpha value is -3.32. The number of carbonyl (C=O) groups is 1. The molecule has 2 heterocycles. The molecule has 156 valence electrons. The molecule has 0 saturated carbocycles. The number of aromatic nitrogens is 2. The zero-order valence-corrected chi connectivity index (χ0v) is 17.3. The van der Waals surface area contributed by atoms with E-state index < -0.39 is 0 Å². The molecule has 0 radical (unpaired) electrons. The van der Waals surface area contributed by atoms with Crippen molar-refractivity contribution >= 4 is 5.91 Å². The molecule has 4 rings (SSSR count). The van der Waals surface area contributed by atoms with Crippen LogP contribution < -0.4 is 14.8 Å². The first-order valence-corrected chi connectivity index (χ1v) is 9.83. The molecular formula is C23H25N3O4. The fraction of sp³-hybridized carbons (Fsp3) is 0.304. The van der Waals surface area contributed by atoms with Crippen molar-refractivity contribution in [3.05, 3.63) is 77.4 Å². The Morgan fingerprint density at radius 3 is 2.37 bits per heavy atom. The van der Waals surface area contributed by atoms with Gasteiger partial charge in [-0.2, -0.15) is 0 Å². The van der Waals surface area contributed by atoms with Crippen LogP contribution in [0.5, 0.6) is 11.5 Å². The van der Waals surface area contributed by atoms with Crippen LogP contribution in [0.3, 0.4) is 0 Å². The van der Waals surface area contributed by atoms with Crippen molar-refractivity contribution in [2.45, 2.75) is 32.2 Å². The van der Waals surface area contributed by atoms with Crippen LogP contribution in [0.2, 0.25) is 0 Å². The summed E-state index contributed by atoms with van der Waals surface area (Å²) in [5.41, 5.74) is 3.25. The van der Waals surface area contributed by atoms with Crippen molar-refractivity contribution in [2.75, 3.05) is 14.2 Å². The molecule has 7 heteroatoms. The maximum Gasteiger partial charge on any atom is 0.272 e. The van der Waals surface area contributed by atoms with E-state index in [9.17, 15) is 4.79 Å². The number of ether oxygens (including phenoxy) is 3. The highest BCUT2D eigenvalue weighted by Gasteiger charge is 2.27. The Morgan fingerprint density at radius 1 is 1.10 bits per heavy atom. The molecule has 0 bridgehead atoms. The third-order valence-corrected chi connectivity index (χ3v) is 5.40. The van der Waals surface area contributed by atoms with E-state index in [0.29, 0.717) is 18.8 Å². The highest BCUT2D eigenvalue weighted by molar-refractivity contribution is 5.93. The second-order valence-corrected chi connectivity index (χ2v) is 7.23. The van der Waals surface area contributed by atoms with Crippen LogP contribution in [-0.2, 0) is 17.9 Å². The van der Waals surface area contributed by atoms with Gasteiger partial charge in [0.15, 0.2) is 5.69 Å². The smallest absolute Gasteiger partial charge is 0.272 e. The first kappa shape index (κ1) is 20.0. The van der Waals surface area contributed by atoms with E-state index in [2.05, 4.69) is 10.3 Å². The van der Waals surface area contributed by atoms with Crippen LogP contribution in [0.4, 0.5) is 0 Å². The first-order chi connectivity index (χ1) is 14.6. The Kier molecular flexibility index (Phi) is 5.72. The Bertz CT molecular complexity index is 1010. The Labute approximate surface area is 175 Å². The molecule has 0 fully saturated rings. The highest BCUT2D eigenvalue weighted by Crippen LogP contribution is 2.29. The molecular weight excluding hydrogens is 382 g/mol. The molecule has 1 aliphatic rings. The van der Waals surface area contributed by atoms with E-state index in [1.54, 1.807) is 20.5 Å². The number of hydrogen-bond donors (Lipinski definition) is 1. The van der Waals surface area contributed by atoms with Gasteiger partial charge in [-0.05, 0) is 42.3 Å².